The number of hydrogen-bond acceptors (Lipinski definition) is 5. The molecule has 0 atom stereocenters. The zero-order chi connectivity index (χ0) is 15.2. The number of ether oxygens (including phenoxy) is 2. The summed E-state index contributed by atoms with van der Waals surface area (Å²) in [6, 6.07) is 6.02. The first-order chi connectivity index (χ1) is 10.1. The average Bonchev–Trinajstić information content (AvgIpc) is 2.48. The van der Waals surface area contributed by atoms with E-state index >= 15 is 0 Å². The van der Waals surface area contributed by atoms with Crippen LogP contribution in [0.2, 0.25) is 0 Å². The van der Waals surface area contributed by atoms with Gasteiger partial charge in [-0.1, -0.05) is 0 Å². The number of anilines is 1. The molecule has 0 saturated carbocycles. The Balaban J connectivity index is 2.25. The molecular formula is C15H18FN3O2. The third kappa shape index (κ3) is 4.13. The SMILES string of the molecule is CCOCc1nc(NC)cc(Oc2ccc(F)cc2C)n1. The second kappa shape index (κ2) is 6.99. The molecule has 5 nitrogen and oxygen atoms in total. The first-order valence-corrected chi connectivity index (χ1v) is 6.70. The van der Waals surface area contributed by atoms with Crippen molar-refractivity contribution in [2.45, 2.75) is 20.5 Å². The maximum Gasteiger partial charge on any atom is 0.224 e. The number of nitrogens with one attached hydrogen (secondary N) is 1. The Morgan fingerprint density at radius 1 is 1.24 bits per heavy atom. The highest BCUT2D eigenvalue weighted by Crippen LogP contribution is 2.25. The Kier molecular flexibility index (Phi) is 5.05. The highest BCUT2D eigenvalue weighted by molar-refractivity contribution is 5.41. The summed E-state index contributed by atoms with van der Waals surface area (Å²) in [7, 11) is 1.76. The van der Waals surface area contributed by atoms with Gasteiger partial charge in [0, 0.05) is 19.7 Å². The molecule has 2 aromatic rings. The Labute approximate surface area is 123 Å². The van der Waals surface area contributed by atoms with Gasteiger partial charge in [0.25, 0.3) is 0 Å². The lowest BCUT2D eigenvalue weighted by Crippen LogP contribution is -2.04. The predicted octanol–water partition coefficient (Wildman–Crippen LogP) is 3.29. The highest BCUT2D eigenvalue weighted by atomic mass is 19.1. The molecule has 1 N–H and O–H groups in total. The van der Waals surface area contributed by atoms with E-state index < -0.39 is 0 Å². The van der Waals surface area contributed by atoms with Gasteiger partial charge < -0.3 is 14.8 Å². The zero-order valence-electron chi connectivity index (χ0n) is 12.3. The minimum absolute atomic E-state index is 0.296. The van der Waals surface area contributed by atoms with E-state index in [9.17, 15) is 4.39 Å². The van der Waals surface area contributed by atoms with Crippen molar-refractivity contribution in [3.05, 3.63) is 41.5 Å². The zero-order valence-corrected chi connectivity index (χ0v) is 12.3. The van der Waals surface area contributed by atoms with E-state index in [4.69, 9.17) is 9.47 Å². The van der Waals surface area contributed by atoms with Gasteiger partial charge in [-0.05, 0) is 37.6 Å². The van der Waals surface area contributed by atoms with Crippen molar-refractivity contribution in [3.8, 4) is 11.6 Å². The van der Waals surface area contributed by atoms with Crippen molar-refractivity contribution in [3.63, 3.8) is 0 Å². The van der Waals surface area contributed by atoms with Gasteiger partial charge in [-0.25, -0.2) is 9.37 Å². The Morgan fingerprint density at radius 2 is 2.05 bits per heavy atom. The van der Waals surface area contributed by atoms with Crippen LogP contribution in [-0.4, -0.2) is 23.6 Å². The molecule has 0 aliphatic rings. The van der Waals surface area contributed by atoms with E-state index in [1.165, 1.54) is 12.1 Å². The summed E-state index contributed by atoms with van der Waals surface area (Å²) in [5.74, 6) is 1.81. The number of aromatic nitrogens is 2. The molecule has 0 bridgehead atoms. The fourth-order valence-electron chi connectivity index (χ4n) is 1.75. The number of halogens is 1. The Bertz CT molecular complexity index is 620. The fraction of sp³-hybridized carbons (Fsp3) is 0.333. The van der Waals surface area contributed by atoms with Crippen LogP contribution >= 0.6 is 0 Å². The van der Waals surface area contributed by atoms with Crippen LogP contribution in [0.3, 0.4) is 0 Å². The topological polar surface area (TPSA) is 56.3 Å². The molecular weight excluding hydrogens is 273 g/mol. The average molecular weight is 291 g/mol. The van der Waals surface area contributed by atoms with Crippen LogP contribution in [0, 0.1) is 12.7 Å². The van der Waals surface area contributed by atoms with Crippen molar-refractivity contribution < 1.29 is 13.9 Å². The molecule has 0 spiro atoms. The van der Waals surface area contributed by atoms with Crippen LogP contribution < -0.4 is 10.1 Å². The fourth-order valence-corrected chi connectivity index (χ4v) is 1.75. The molecule has 0 fully saturated rings. The molecule has 0 aliphatic carbocycles. The van der Waals surface area contributed by atoms with Crippen molar-refractivity contribution in [2.75, 3.05) is 19.0 Å². The Morgan fingerprint density at radius 3 is 2.71 bits per heavy atom. The van der Waals surface area contributed by atoms with Gasteiger partial charge in [-0.15, -0.1) is 0 Å². The molecule has 112 valence electrons. The number of benzene rings is 1. The van der Waals surface area contributed by atoms with Crippen LogP contribution in [-0.2, 0) is 11.3 Å². The van der Waals surface area contributed by atoms with Gasteiger partial charge in [0.15, 0.2) is 5.82 Å². The monoisotopic (exact) mass is 291 g/mol. The first kappa shape index (κ1) is 15.2. The summed E-state index contributed by atoms with van der Waals surface area (Å²) < 4.78 is 24.1. The lowest BCUT2D eigenvalue weighted by Gasteiger charge is -2.10. The smallest absolute Gasteiger partial charge is 0.224 e. The van der Waals surface area contributed by atoms with E-state index in [1.807, 2.05) is 6.92 Å². The van der Waals surface area contributed by atoms with Crippen LogP contribution in [0.25, 0.3) is 0 Å². The molecule has 1 aromatic heterocycles. The number of hydrogen-bond donors (Lipinski definition) is 1. The van der Waals surface area contributed by atoms with E-state index in [0.29, 0.717) is 42.0 Å². The second-order valence-electron chi connectivity index (χ2n) is 4.41. The second-order valence-corrected chi connectivity index (χ2v) is 4.41. The minimum atomic E-state index is -0.296. The summed E-state index contributed by atoms with van der Waals surface area (Å²) in [6.45, 7) is 4.58. The lowest BCUT2D eigenvalue weighted by molar-refractivity contribution is 0.128. The quantitative estimate of drug-likeness (QED) is 0.885. The molecule has 0 unspecified atom stereocenters. The van der Waals surface area contributed by atoms with E-state index in [0.717, 1.165) is 0 Å². The van der Waals surface area contributed by atoms with E-state index in [2.05, 4.69) is 15.3 Å². The number of nitrogens with zero attached hydrogens (tertiary/aromatic N) is 2. The van der Waals surface area contributed by atoms with E-state index in [-0.39, 0.29) is 5.82 Å². The number of rotatable bonds is 6. The minimum Gasteiger partial charge on any atom is -0.439 e. The van der Waals surface area contributed by atoms with Crippen LogP contribution in [0.4, 0.5) is 10.2 Å². The van der Waals surface area contributed by atoms with Crippen molar-refractivity contribution in [2.24, 2.45) is 0 Å². The molecule has 2 rings (SSSR count). The van der Waals surface area contributed by atoms with Crippen LogP contribution in [0.15, 0.2) is 24.3 Å². The van der Waals surface area contributed by atoms with Crippen molar-refractivity contribution >= 4 is 5.82 Å². The van der Waals surface area contributed by atoms with Crippen LogP contribution in [0.5, 0.6) is 11.6 Å². The molecule has 0 aliphatic heterocycles. The molecule has 6 heteroatoms. The van der Waals surface area contributed by atoms with Crippen molar-refractivity contribution in [1.82, 2.24) is 9.97 Å². The summed E-state index contributed by atoms with van der Waals surface area (Å²) in [5, 5.41) is 2.95. The lowest BCUT2D eigenvalue weighted by atomic mass is 10.2. The maximum absolute atomic E-state index is 13.1. The standard InChI is InChI=1S/C15H18FN3O2/c1-4-20-9-14-18-13(17-3)8-15(19-14)21-12-6-5-11(16)7-10(12)2/h5-8H,4,9H2,1-3H3,(H,17,18,19). The highest BCUT2D eigenvalue weighted by Gasteiger charge is 2.08. The molecule has 0 saturated heterocycles. The van der Waals surface area contributed by atoms with Gasteiger partial charge >= 0.3 is 0 Å². The summed E-state index contributed by atoms with van der Waals surface area (Å²) in [5.41, 5.74) is 0.700. The van der Waals surface area contributed by atoms with Gasteiger partial charge in [0.2, 0.25) is 5.88 Å². The molecule has 21 heavy (non-hydrogen) atoms. The van der Waals surface area contributed by atoms with Gasteiger partial charge in [-0.2, -0.15) is 4.98 Å². The first-order valence-electron chi connectivity index (χ1n) is 6.70. The normalized spacial score (nSPS) is 10.5. The third-order valence-electron chi connectivity index (χ3n) is 2.79. The van der Waals surface area contributed by atoms with E-state index in [1.54, 1.807) is 26.1 Å². The predicted molar refractivity (Wildman–Crippen MR) is 78.1 cm³/mol. The molecule has 1 heterocycles. The van der Waals surface area contributed by atoms with Crippen molar-refractivity contribution in [1.29, 1.82) is 0 Å². The van der Waals surface area contributed by atoms with Gasteiger partial charge in [-0.3, -0.25) is 0 Å². The molecule has 0 amide bonds. The number of aryl methyl sites for hydroxylation is 1. The summed E-state index contributed by atoms with van der Waals surface area (Å²) in [6.07, 6.45) is 0. The maximum atomic E-state index is 13.1. The summed E-state index contributed by atoms with van der Waals surface area (Å²) >= 11 is 0. The molecule has 1 aromatic carbocycles. The van der Waals surface area contributed by atoms with Gasteiger partial charge in [0.1, 0.15) is 24.0 Å². The largest absolute Gasteiger partial charge is 0.439 e. The third-order valence-corrected chi connectivity index (χ3v) is 2.79. The van der Waals surface area contributed by atoms with Gasteiger partial charge in [0.05, 0.1) is 0 Å². The summed E-state index contributed by atoms with van der Waals surface area (Å²) in [4.78, 5) is 8.57. The molecule has 0 radical (unpaired) electrons. The van der Waals surface area contributed by atoms with Crippen LogP contribution in [0.1, 0.15) is 18.3 Å². The Hall–Kier alpha value is -2.21.